The molecule has 2 nitrogen and oxygen atoms in total. The standard InChI is InChI=1S/C10H12N2/c1-8-5-3-4-6-10(8)12-9(2)7-11/h3-7,11H,1-2H3/b11-7?,12-9-. The third-order valence-electron chi connectivity index (χ3n) is 1.62. The van der Waals surface area contributed by atoms with Gasteiger partial charge in [-0.25, -0.2) is 0 Å². The van der Waals surface area contributed by atoms with E-state index in [9.17, 15) is 0 Å². The van der Waals surface area contributed by atoms with E-state index in [2.05, 4.69) is 4.99 Å². The Labute approximate surface area is 72.5 Å². The first-order valence-electron chi connectivity index (χ1n) is 3.85. The van der Waals surface area contributed by atoms with Crippen molar-refractivity contribution in [1.82, 2.24) is 0 Å². The number of aryl methyl sites for hydroxylation is 1. The molecule has 0 unspecified atom stereocenters. The van der Waals surface area contributed by atoms with Crippen LogP contribution in [0.5, 0.6) is 0 Å². The topological polar surface area (TPSA) is 36.2 Å². The number of hydrogen-bond donors (Lipinski definition) is 1. The zero-order chi connectivity index (χ0) is 8.97. The van der Waals surface area contributed by atoms with E-state index in [0.717, 1.165) is 17.0 Å². The second-order valence-electron chi connectivity index (χ2n) is 2.68. The number of hydrogen-bond acceptors (Lipinski definition) is 2. The van der Waals surface area contributed by atoms with Gasteiger partial charge >= 0.3 is 0 Å². The fraction of sp³-hybridized carbons (Fsp3) is 0.200. The molecule has 1 N–H and O–H groups in total. The van der Waals surface area contributed by atoms with Crippen LogP contribution in [-0.2, 0) is 0 Å². The van der Waals surface area contributed by atoms with Crippen LogP contribution in [0, 0.1) is 12.3 Å². The minimum atomic E-state index is 0.726. The maximum atomic E-state index is 6.97. The Morgan fingerprint density at radius 2 is 2.08 bits per heavy atom. The van der Waals surface area contributed by atoms with E-state index in [1.165, 1.54) is 6.21 Å². The minimum Gasteiger partial charge on any atom is -0.307 e. The molecule has 0 bridgehead atoms. The molecule has 1 rings (SSSR count). The number of nitrogens with one attached hydrogen (secondary N) is 1. The number of rotatable bonds is 2. The first-order valence-corrected chi connectivity index (χ1v) is 3.85. The van der Waals surface area contributed by atoms with Crippen LogP contribution in [-0.4, -0.2) is 11.9 Å². The smallest absolute Gasteiger partial charge is 0.0662 e. The van der Waals surface area contributed by atoms with Gasteiger partial charge in [-0.3, -0.25) is 4.99 Å². The van der Waals surface area contributed by atoms with Gasteiger partial charge in [0, 0.05) is 6.21 Å². The van der Waals surface area contributed by atoms with Gasteiger partial charge in [-0.1, -0.05) is 18.2 Å². The summed E-state index contributed by atoms with van der Waals surface area (Å²) in [5, 5.41) is 6.97. The van der Waals surface area contributed by atoms with Crippen LogP contribution < -0.4 is 0 Å². The van der Waals surface area contributed by atoms with E-state index in [-0.39, 0.29) is 0 Å². The van der Waals surface area contributed by atoms with Crippen LogP contribution in [0.1, 0.15) is 12.5 Å². The normalized spacial score (nSPS) is 11.3. The molecule has 0 saturated heterocycles. The first-order chi connectivity index (χ1) is 5.74. The summed E-state index contributed by atoms with van der Waals surface area (Å²) in [6, 6.07) is 7.88. The summed E-state index contributed by atoms with van der Waals surface area (Å²) >= 11 is 0. The van der Waals surface area contributed by atoms with Gasteiger partial charge in [0.15, 0.2) is 0 Å². The summed E-state index contributed by atoms with van der Waals surface area (Å²) in [7, 11) is 0. The molecule has 62 valence electrons. The van der Waals surface area contributed by atoms with Crippen LogP contribution in [0.3, 0.4) is 0 Å². The zero-order valence-electron chi connectivity index (χ0n) is 7.33. The van der Waals surface area contributed by atoms with Crippen LogP contribution in [0.2, 0.25) is 0 Å². The molecule has 0 amide bonds. The number of nitrogens with zero attached hydrogens (tertiary/aromatic N) is 1. The van der Waals surface area contributed by atoms with Crippen molar-refractivity contribution in [1.29, 1.82) is 5.41 Å². The molecule has 12 heavy (non-hydrogen) atoms. The average Bonchev–Trinajstić information content (AvgIpc) is 2.09. The SMILES string of the molecule is C/C(C=N)=N/c1ccccc1C. The van der Waals surface area contributed by atoms with E-state index < -0.39 is 0 Å². The Balaban J connectivity index is 3.04. The quantitative estimate of drug-likeness (QED) is 0.646. The second-order valence-corrected chi connectivity index (χ2v) is 2.68. The lowest BCUT2D eigenvalue weighted by atomic mass is 10.2. The van der Waals surface area contributed by atoms with Gasteiger partial charge in [0.1, 0.15) is 0 Å². The molecule has 0 aliphatic carbocycles. The lowest BCUT2D eigenvalue weighted by molar-refractivity contribution is 1.39. The Bertz CT molecular complexity index is 313. The molecule has 2 heteroatoms. The van der Waals surface area contributed by atoms with Crippen molar-refractivity contribution >= 4 is 17.6 Å². The molecule has 0 aliphatic rings. The number of benzene rings is 1. The highest BCUT2D eigenvalue weighted by Gasteiger charge is 1.92. The molecule has 0 aliphatic heterocycles. The Morgan fingerprint density at radius 1 is 1.42 bits per heavy atom. The number of para-hydroxylation sites is 1. The summed E-state index contributed by atoms with van der Waals surface area (Å²) in [6.07, 6.45) is 1.26. The highest BCUT2D eigenvalue weighted by molar-refractivity contribution is 6.28. The van der Waals surface area contributed by atoms with Gasteiger partial charge in [-0.2, -0.15) is 0 Å². The molecule has 0 saturated carbocycles. The molecular formula is C10H12N2. The van der Waals surface area contributed by atoms with E-state index >= 15 is 0 Å². The monoisotopic (exact) mass is 160 g/mol. The minimum absolute atomic E-state index is 0.726. The molecular weight excluding hydrogens is 148 g/mol. The summed E-state index contributed by atoms with van der Waals surface area (Å²) in [5.41, 5.74) is 2.81. The van der Waals surface area contributed by atoms with Gasteiger partial charge < -0.3 is 5.41 Å². The highest BCUT2D eigenvalue weighted by Crippen LogP contribution is 2.16. The van der Waals surface area contributed by atoms with E-state index in [4.69, 9.17) is 5.41 Å². The Hall–Kier alpha value is -1.44. The van der Waals surface area contributed by atoms with Crippen LogP contribution in [0.25, 0.3) is 0 Å². The summed E-state index contributed by atoms with van der Waals surface area (Å²) in [4.78, 5) is 4.25. The summed E-state index contributed by atoms with van der Waals surface area (Å²) in [5.74, 6) is 0. The predicted octanol–water partition coefficient (Wildman–Crippen LogP) is 2.74. The van der Waals surface area contributed by atoms with E-state index in [0.29, 0.717) is 0 Å². The molecule has 0 fully saturated rings. The molecule has 1 aromatic rings. The highest BCUT2D eigenvalue weighted by atomic mass is 14.7. The molecule has 0 spiro atoms. The summed E-state index contributed by atoms with van der Waals surface area (Å²) < 4.78 is 0. The van der Waals surface area contributed by atoms with Crippen LogP contribution in [0.4, 0.5) is 5.69 Å². The maximum absolute atomic E-state index is 6.97. The van der Waals surface area contributed by atoms with Gasteiger partial charge in [-0.15, -0.1) is 0 Å². The average molecular weight is 160 g/mol. The Kier molecular flexibility index (Phi) is 2.75. The van der Waals surface area contributed by atoms with Gasteiger partial charge in [-0.05, 0) is 25.5 Å². The van der Waals surface area contributed by atoms with Crippen molar-refractivity contribution < 1.29 is 0 Å². The number of aliphatic imine (C=N–C) groups is 1. The van der Waals surface area contributed by atoms with E-state index in [1.54, 1.807) is 0 Å². The van der Waals surface area contributed by atoms with Gasteiger partial charge in [0.25, 0.3) is 0 Å². The zero-order valence-corrected chi connectivity index (χ0v) is 7.33. The first kappa shape index (κ1) is 8.65. The molecule has 0 radical (unpaired) electrons. The second kappa shape index (κ2) is 3.81. The molecule has 0 atom stereocenters. The van der Waals surface area contributed by atoms with Crippen LogP contribution in [0.15, 0.2) is 29.3 Å². The lowest BCUT2D eigenvalue weighted by Crippen LogP contribution is -1.89. The fourth-order valence-electron chi connectivity index (χ4n) is 0.911. The lowest BCUT2D eigenvalue weighted by Gasteiger charge is -1.98. The third kappa shape index (κ3) is 2.02. The molecule has 0 aromatic heterocycles. The molecule has 1 aromatic carbocycles. The summed E-state index contributed by atoms with van der Waals surface area (Å²) in [6.45, 7) is 3.83. The van der Waals surface area contributed by atoms with Gasteiger partial charge in [0.05, 0.1) is 11.4 Å². The third-order valence-corrected chi connectivity index (χ3v) is 1.62. The van der Waals surface area contributed by atoms with E-state index in [1.807, 2.05) is 38.1 Å². The van der Waals surface area contributed by atoms with Crippen LogP contribution >= 0.6 is 0 Å². The largest absolute Gasteiger partial charge is 0.307 e. The van der Waals surface area contributed by atoms with Crippen molar-refractivity contribution in [3.05, 3.63) is 29.8 Å². The van der Waals surface area contributed by atoms with Gasteiger partial charge in [0.2, 0.25) is 0 Å². The van der Waals surface area contributed by atoms with Crippen molar-refractivity contribution in [3.8, 4) is 0 Å². The Morgan fingerprint density at radius 3 is 2.67 bits per heavy atom. The maximum Gasteiger partial charge on any atom is 0.0662 e. The van der Waals surface area contributed by atoms with Crippen molar-refractivity contribution in [2.24, 2.45) is 4.99 Å². The van der Waals surface area contributed by atoms with Crippen molar-refractivity contribution in [2.75, 3.05) is 0 Å². The van der Waals surface area contributed by atoms with Crippen molar-refractivity contribution in [3.63, 3.8) is 0 Å². The van der Waals surface area contributed by atoms with Crippen molar-refractivity contribution in [2.45, 2.75) is 13.8 Å². The fourth-order valence-corrected chi connectivity index (χ4v) is 0.911. The predicted molar refractivity (Wildman–Crippen MR) is 52.7 cm³/mol. The molecule has 0 heterocycles.